The van der Waals surface area contributed by atoms with Gasteiger partial charge in [0.05, 0.1) is 0 Å². The van der Waals surface area contributed by atoms with Gasteiger partial charge in [-0.2, -0.15) is 15.0 Å². The van der Waals surface area contributed by atoms with Crippen molar-refractivity contribution in [3.8, 4) is 0 Å². The summed E-state index contributed by atoms with van der Waals surface area (Å²) in [6.45, 7) is 13.4. The minimum atomic E-state index is 0.270. The highest BCUT2D eigenvalue weighted by Gasteiger charge is 2.18. The Morgan fingerprint density at radius 2 is 1.62 bits per heavy atom. The SMILES string of the molecule is CCCCN(c1nc(Cl)nc(N(CC)CC)n1)C(C)CC. The fourth-order valence-corrected chi connectivity index (χ4v) is 2.32. The molecule has 0 spiro atoms. The number of hydrogen-bond acceptors (Lipinski definition) is 5. The second-order valence-corrected chi connectivity index (χ2v) is 5.52. The first-order valence-corrected chi connectivity index (χ1v) is 8.38. The molecule has 0 radical (unpaired) electrons. The van der Waals surface area contributed by atoms with Crippen molar-refractivity contribution in [1.29, 1.82) is 0 Å². The first-order valence-electron chi connectivity index (χ1n) is 8.00. The fraction of sp³-hybridized carbons (Fsp3) is 0.800. The van der Waals surface area contributed by atoms with Gasteiger partial charge in [-0.05, 0) is 45.2 Å². The molecule has 5 nitrogen and oxygen atoms in total. The highest BCUT2D eigenvalue weighted by atomic mass is 35.5. The quantitative estimate of drug-likeness (QED) is 0.694. The van der Waals surface area contributed by atoms with Gasteiger partial charge in [0.2, 0.25) is 17.2 Å². The van der Waals surface area contributed by atoms with Gasteiger partial charge in [-0.3, -0.25) is 0 Å². The first-order chi connectivity index (χ1) is 10.1. The smallest absolute Gasteiger partial charge is 0.231 e. The lowest BCUT2D eigenvalue weighted by atomic mass is 10.2. The molecule has 6 heteroatoms. The maximum atomic E-state index is 6.12. The molecule has 1 heterocycles. The molecule has 1 rings (SSSR count). The van der Waals surface area contributed by atoms with E-state index in [2.05, 4.69) is 59.4 Å². The van der Waals surface area contributed by atoms with E-state index < -0.39 is 0 Å². The van der Waals surface area contributed by atoms with E-state index in [9.17, 15) is 0 Å². The van der Waals surface area contributed by atoms with Crippen LogP contribution in [0.5, 0.6) is 0 Å². The van der Waals surface area contributed by atoms with Crippen LogP contribution in [0, 0.1) is 0 Å². The highest BCUT2D eigenvalue weighted by molar-refractivity contribution is 6.28. The summed E-state index contributed by atoms with van der Waals surface area (Å²) in [4.78, 5) is 17.6. The van der Waals surface area contributed by atoms with Gasteiger partial charge in [0, 0.05) is 25.7 Å². The van der Waals surface area contributed by atoms with E-state index in [0.717, 1.165) is 38.9 Å². The predicted octanol–water partition coefficient (Wildman–Crippen LogP) is 3.78. The third-order valence-electron chi connectivity index (χ3n) is 3.76. The molecule has 1 unspecified atom stereocenters. The van der Waals surface area contributed by atoms with Crippen molar-refractivity contribution in [2.45, 2.75) is 59.9 Å². The summed E-state index contributed by atoms with van der Waals surface area (Å²) in [7, 11) is 0. The summed E-state index contributed by atoms with van der Waals surface area (Å²) in [5.41, 5.74) is 0. The third kappa shape index (κ3) is 4.99. The standard InChI is InChI=1S/C15H28ClN5/c1-6-10-11-21(12(5)7-2)15-18-13(16)17-14(19-15)20(8-3)9-4/h12H,6-11H2,1-5H3. The lowest BCUT2D eigenvalue weighted by Crippen LogP contribution is -2.36. The zero-order valence-electron chi connectivity index (χ0n) is 13.9. The van der Waals surface area contributed by atoms with Gasteiger partial charge in [0.25, 0.3) is 0 Å². The van der Waals surface area contributed by atoms with E-state index >= 15 is 0 Å². The van der Waals surface area contributed by atoms with Crippen LogP contribution < -0.4 is 9.80 Å². The lowest BCUT2D eigenvalue weighted by molar-refractivity contribution is 0.580. The van der Waals surface area contributed by atoms with Crippen molar-refractivity contribution < 1.29 is 0 Å². The molecule has 0 aliphatic carbocycles. The molecular formula is C15H28ClN5. The zero-order valence-corrected chi connectivity index (χ0v) is 14.7. The van der Waals surface area contributed by atoms with E-state index in [4.69, 9.17) is 11.6 Å². The topological polar surface area (TPSA) is 45.2 Å². The van der Waals surface area contributed by atoms with E-state index in [-0.39, 0.29) is 5.28 Å². The van der Waals surface area contributed by atoms with Crippen molar-refractivity contribution in [2.75, 3.05) is 29.4 Å². The number of rotatable bonds is 9. The molecule has 0 amide bonds. The Labute approximate surface area is 133 Å². The molecule has 0 bridgehead atoms. The van der Waals surface area contributed by atoms with Crippen molar-refractivity contribution in [3.05, 3.63) is 5.28 Å². The average Bonchev–Trinajstić information content (AvgIpc) is 2.48. The molecule has 0 aliphatic heterocycles. The molecule has 0 saturated carbocycles. The van der Waals surface area contributed by atoms with Crippen LogP contribution in [0.15, 0.2) is 0 Å². The normalized spacial score (nSPS) is 12.3. The van der Waals surface area contributed by atoms with Crippen LogP contribution in [0.2, 0.25) is 5.28 Å². The van der Waals surface area contributed by atoms with Crippen LogP contribution in [0.3, 0.4) is 0 Å². The molecular weight excluding hydrogens is 286 g/mol. The van der Waals surface area contributed by atoms with Crippen LogP contribution in [0.1, 0.15) is 53.9 Å². The average molecular weight is 314 g/mol. The minimum absolute atomic E-state index is 0.270. The first kappa shape index (κ1) is 18.0. The van der Waals surface area contributed by atoms with Crippen molar-refractivity contribution in [3.63, 3.8) is 0 Å². The zero-order chi connectivity index (χ0) is 15.8. The largest absolute Gasteiger partial charge is 0.341 e. The fourth-order valence-electron chi connectivity index (χ4n) is 2.17. The Balaban J connectivity index is 3.12. The summed E-state index contributed by atoms with van der Waals surface area (Å²) in [5.74, 6) is 1.36. The third-order valence-corrected chi connectivity index (χ3v) is 3.93. The number of nitrogens with zero attached hydrogens (tertiary/aromatic N) is 5. The van der Waals surface area contributed by atoms with Gasteiger partial charge < -0.3 is 9.80 Å². The number of unbranched alkanes of at least 4 members (excludes halogenated alkanes) is 1. The number of halogens is 1. The van der Waals surface area contributed by atoms with Crippen molar-refractivity contribution in [1.82, 2.24) is 15.0 Å². The molecule has 1 atom stereocenters. The molecule has 21 heavy (non-hydrogen) atoms. The van der Waals surface area contributed by atoms with Crippen LogP contribution in [0.25, 0.3) is 0 Å². The Bertz CT molecular complexity index is 423. The second-order valence-electron chi connectivity index (χ2n) is 5.18. The van der Waals surface area contributed by atoms with Crippen LogP contribution in [0.4, 0.5) is 11.9 Å². The van der Waals surface area contributed by atoms with E-state index in [1.54, 1.807) is 0 Å². The highest BCUT2D eigenvalue weighted by Crippen LogP contribution is 2.20. The summed E-state index contributed by atoms with van der Waals surface area (Å²) in [5, 5.41) is 0.270. The molecule has 1 aromatic heterocycles. The van der Waals surface area contributed by atoms with Crippen LogP contribution in [-0.4, -0.2) is 40.6 Å². The number of hydrogen-bond donors (Lipinski definition) is 0. The molecule has 0 fully saturated rings. The summed E-state index contributed by atoms with van der Waals surface area (Å²) >= 11 is 6.12. The van der Waals surface area contributed by atoms with Crippen molar-refractivity contribution in [2.24, 2.45) is 0 Å². The lowest BCUT2D eigenvalue weighted by Gasteiger charge is -2.29. The molecule has 0 aromatic carbocycles. The molecule has 0 N–H and O–H groups in total. The van der Waals surface area contributed by atoms with Gasteiger partial charge in [-0.15, -0.1) is 0 Å². The number of anilines is 2. The van der Waals surface area contributed by atoms with Gasteiger partial charge in [-0.1, -0.05) is 20.3 Å². The number of aromatic nitrogens is 3. The molecule has 120 valence electrons. The van der Waals surface area contributed by atoms with E-state index in [1.165, 1.54) is 0 Å². The Morgan fingerprint density at radius 1 is 1.00 bits per heavy atom. The van der Waals surface area contributed by atoms with Gasteiger partial charge in [0.1, 0.15) is 0 Å². The van der Waals surface area contributed by atoms with Crippen molar-refractivity contribution >= 4 is 23.5 Å². The maximum Gasteiger partial charge on any atom is 0.231 e. The summed E-state index contributed by atoms with van der Waals surface area (Å²) < 4.78 is 0. The second kappa shape index (κ2) is 9.03. The minimum Gasteiger partial charge on any atom is -0.341 e. The molecule has 0 aliphatic rings. The van der Waals surface area contributed by atoms with Crippen LogP contribution in [-0.2, 0) is 0 Å². The Morgan fingerprint density at radius 3 is 2.14 bits per heavy atom. The molecule has 1 aromatic rings. The monoisotopic (exact) mass is 313 g/mol. The Hall–Kier alpha value is -1.10. The van der Waals surface area contributed by atoms with Gasteiger partial charge in [-0.25, -0.2) is 0 Å². The van der Waals surface area contributed by atoms with Gasteiger partial charge >= 0.3 is 0 Å². The van der Waals surface area contributed by atoms with Crippen LogP contribution >= 0.6 is 11.6 Å². The predicted molar refractivity (Wildman–Crippen MR) is 90.4 cm³/mol. The maximum absolute atomic E-state index is 6.12. The molecule has 0 saturated heterocycles. The summed E-state index contributed by atoms with van der Waals surface area (Å²) in [6.07, 6.45) is 3.32. The Kier molecular flexibility index (Phi) is 7.72. The van der Waals surface area contributed by atoms with E-state index in [1.807, 2.05) is 0 Å². The summed E-state index contributed by atoms with van der Waals surface area (Å²) in [6, 6.07) is 0.388. The van der Waals surface area contributed by atoms with Gasteiger partial charge in [0.15, 0.2) is 0 Å². The van der Waals surface area contributed by atoms with E-state index in [0.29, 0.717) is 17.9 Å².